The normalized spacial score (nSPS) is 11.7. The van der Waals surface area contributed by atoms with Crippen LogP contribution in [0.1, 0.15) is 27.7 Å². The summed E-state index contributed by atoms with van der Waals surface area (Å²) in [5.74, 6) is 5.69. The Bertz CT molecular complexity index is 1030. The minimum Gasteiger partial charge on any atom is -0.336 e. The van der Waals surface area contributed by atoms with Crippen LogP contribution in [0, 0.1) is 0 Å². The number of sulfonamides is 1. The molecule has 11 nitrogen and oxygen atoms in total. The Labute approximate surface area is 185 Å². The van der Waals surface area contributed by atoms with Gasteiger partial charge < -0.3 is 11.2 Å². The molecule has 0 aliphatic heterocycles. The molecule has 0 bridgehead atoms. The van der Waals surface area contributed by atoms with Gasteiger partial charge in [0.1, 0.15) is 0 Å². The Morgan fingerprint density at radius 2 is 1.90 bits per heavy atom. The molecule has 13 heteroatoms. The van der Waals surface area contributed by atoms with Crippen LogP contribution in [0.25, 0.3) is 11.4 Å². The zero-order valence-corrected chi connectivity index (χ0v) is 19.5. The average molecular weight is 470 g/mol. The molecule has 4 N–H and O–H groups in total. The molecule has 1 aromatic carbocycles. The van der Waals surface area contributed by atoms with Gasteiger partial charge in [-0.1, -0.05) is 37.7 Å². The van der Waals surface area contributed by atoms with Crippen LogP contribution in [0.4, 0.5) is 4.79 Å². The highest BCUT2D eigenvalue weighted by molar-refractivity contribution is 7.99. The summed E-state index contributed by atoms with van der Waals surface area (Å²) in [6.07, 6.45) is 0. The van der Waals surface area contributed by atoms with E-state index in [1.54, 1.807) is 39.8 Å². The van der Waals surface area contributed by atoms with Crippen LogP contribution in [0.3, 0.4) is 0 Å². The van der Waals surface area contributed by atoms with Gasteiger partial charge in [-0.3, -0.25) is 10.1 Å². The van der Waals surface area contributed by atoms with Crippen molar-refractivity contribution in [3.63, 3.8) is 0 Å². The summed E-state index contributed by atoms with van der Waals surface area (Å²) < 4.78 is 28.1. The second-order valence-corrected chi connectivity index (χ2v) is 9.64. The predicted molar refractivity (Wildman–Crippen MR) is 118 cm³/mol. The molecule has 0 spiro atoms. The number of nitrogens with one attached hydrogen (secondary N) is 2. The van der Waals surface area contributed by atoms with Crippen molar-refractivity contribution in [2.45, 2.75) is 43.8 Å². The van der Waals surface area contributed by atoms with Gasteiger partial charge in [0.25, 0.3) is 0 Å². The Balaban J connectivity index is 2.15. The van der Waals surface area contributed by atoms with Crippen LogP contribution in [0.5, 0.6) is 0 Å². The van der Waals surface area contributed by atoms with Crippen molar-refractivity contribution < 1.29 is 18.0 Å². The van der Waals surface area contributed by atoms with Gasteiger partial charge in [0, 0.05) is 24.7 Å². The SMILES string of the molecule is CCN(CC)S(=O)(=O)c1cccc(-c2nnc(SCC(=O)NC(=O)NC(C)C)n2N)c1. The lowest BCUT2D eigenvalue weighted by Crippen LogP contribution is -2.43. The minimum atomic E-state index is -3.64. The second-order valence-electron chi connectivity index (χ2n) is 6.76. The van der Waals surface area contributed by atoms with Crippen molar-refractivity contribution in [3.8, 4) is 11.4 Å². The van der Waals surface area contributed by atoms with Gasteiger partial charge >= 0.3 is 6.03 Å². The fourth-order valence-corrected chi connectivity index (χ4v) is 4.83. The number of thioether (sulfide) groups is 1. The molecule has 3 amide bonds. The third-order valence-electron chi connectivity index (χ3n) is 4.11. The largest absolute Gasteiger partial charge is 0.336 e. The molecule has 0 fully saturated rings. The maximum absolute atomic E-state index is 12.8. The van der Waals surface area contributed by atoms with Gasteiger partial charge in [-0.25, -0.2) is 17.9 Å². The molecule has 0 radical (unpaired) electrons. The number of benzene rings is 1. The molecule has 0 atom stereocenters. The molecule has 170 valence electrons. The molecule has 0 saturated carbocycles. The predicted octanol–water partition coefficient (Wildman–Crippen LogP) is 1.02. The van der Waals surface area contributed by atoms with Crippen LogP contribution >= 0.6 is 11.8 Å². The molecule has 2 rings (SSSR count). The number of urea groups is 1. The van der Waals surface area contributed by atoms with E-state index in [9.17, 15) is 18.0 Å². The van der Waals surface area contributed by atoms with Gasteiger partial charge in [0.05, 0.1) is 10.6 Å². The molecule has 31 heavy (non-hydrogen) atoms. The van der Waals surface area contributed by atoms with E-state index in [1.807, 2.05) is 0 Å². The van der Waals surface area contributed by atoms with Gasteiger partial charge in [-0.2, -0.15) is 4.31 Å². The summed E-state index contributed by atoms with van der Waals surface area (Å²) in [6, 6.07) is 5.59. The zero-order chi connectivity index (χ0) is 23.2. The number of hydrogen-bond donors (Lipinski definition) is 3. The highest BCUT2D eigenvalue weighted by Crippen LogP contribution is 2.25. The van der Waals surface area contributed by atoms with Gasteiger partial charge in [-0.15, -0.1) is 10.2 Å². The molecule has 0 aliphatic rings. The van der Waals surface area contributed by atoms with E-state index in [-0.39, 0.29) is 27.7 Å². The van der Waals surface area contributed by atoms with E-state index in [4.69, 9.17) is 5.84 Å². The van der Waals surface area contributed by atoms with Crippen molar-refractivity contribution >= 4 is 33.7 Å². The first-order valence-electron chi connectivity index (χ1n) is 9.64. The zero-order valence-electron chi connectivity index (χ0n) is 17.8. The first-order valence-corrected chi connectivity index (χ1v) is 12.1. The molecule has 0 aliphatic carbocycles. The van der Waals surface area contributed by atoms with Crippen LogP contribution in [-0.2, 0) is 14.8 Å². The van der Waals surface area contributed by atoms with E-state index in [2.05, 4.69) is 20.8 Å². The number of hydrogen-bond acceptors (Lipinski definition) is 8. The van der Waals surface area contributed by atoms with Gasteiger partial charge in [-0.05, 0) is 26.0 Å². The summed E-state index contributed by atoms with van der Waals surface area (Å²) in [7, 11) is -3.64. The summed E-state index contributed by atoms with van der Waals surface area (Å²) in [5, 5.41) is 13.0. The molecule has 0 unspecified atom stereocenters. The lowest BCUT2D eigenvalue weighted by molar-refractivity contribution is -0.117. The number of aromatic nitrogens is 3. The summed E-state index contributed by atoms with van der Waals surface area (Å²) in [6.45, 7) is 7.81. The van der Waals surface area contributed by atoms with E-state index >= 15 is 0 Å². The number of imide groups is 1. The molecule has 2 aromatic rings. The first-order chi connectivity index (χ1) is 14.6. The molecule has 1 heterocycles. The summed E-state index contributed by atoms with van der Waals surface area (Å²) in [5.41, 5.74) is 0.468. The number of amides is 3. The van der Waals surface area contributed by atoms with Crippen LogP contribution in [0.2, 0.25) is 0 Å². The van der Waals surface area contributed by atoms with Crippen molar-refractivity contribution in [1.29, 1.82) is 0 Å². The fourth-order valence-electron chi connectivity index (χ4n) is 2.67. The number of nitrogens with two attached hydrogens (primary N) is 1. The fraction of sp³-hybridized carbons (Fsp3) is 0.444. The van der Waals surface area contributed by atoms with Crippen molar-refractivity contribution in [1.82, 2.24) is 29.8 Å². The summed E-state index contributed by atoms with van der Waals surface area (Å²) in [4.78, 5) is 23.6. The third-order valence-corrected chi connectivity index (χ3v) is 7.09. The number of rotatable bonds is 9. The Morgan fingerprint density at radius 1 is 1.23 bits per heavy atom. The maximum atomic E-state index is 12.8. The smallest absolute Gasteiger partial charge is 0.321 e. The number of carbonyl (C=O) groups excluding carboxylic acids is 2. The van der Waals surface area contributed by atoms with Crippen LogP contribution in [-0.4, -0.2) is 64.4 Å². The van der Waals surface area contributed by atoms with Gasteiger partial charge in [0.2, 0.25) is 21.1 Å². The minimum absolute atomic E-state index is 0.1000. The number of nitrogen functional groups attached to an aromatic ring is 1. The van der Waals surface area contributed by atoms with E-state index in [1.165, 1.54) is 21.1 Å². The van der Waals surface area contributed by atoms with Gasteiger partial charge in [0.15, 0.2) is 5.82 Å². The second kappa shape index (κ2) is 10.6. The first kappa shape index (κ1) is 24.6. The standard InChI is InChI=1S/C18H27N7O4S2/c1-5-24(6-2)31(28,29)14-9-7-8-13(10-14)16-22-23-18(25(16)19)30-11-15(26)21-17(27)20-12(3)4/h7-10,12H,5-6,11,19H2,1-4H3,(H2,20,21,26,27). The summed E-state index contributed by atoms with van der Waals surface area (Å²) >= 11 is 0.999. The molecule has 0 saturated heterocycles. The maximum Gasteiger partial charge on any atom is 0.321 e. The lowest BCUT2D eigenvalue weighted by atomic mass is 10.2. The van der Waals surface area contributed by atoms with Crippen LogP contribution < -0.4 is 16.5 Å². The quantitative estimate of drug-likeness (QED) is 0.363. The lowest BCUT2D eigenvalue weighted by Gasteiger charge is -2.18. The van der Waals surface area contributed by atoms with Crippen molar-refractivity contribution in [3.05, 3.63) is 24.3 Å². The highest BCUT2D eigenvalue weighted by Gasteiger charge is 2.23. The van der Waals surface area contributed by atoms with E-state index in [0.29, 0.717) is 18.7 Å². The Hall–Kier alpha value is -2.64. The topological polar surface area (TPSA) is 152 Å². The van der Waals surface area contributed by atoms with Crippen molar-refractivity contribution in [2.24, 2.45) is 0 Å². The Kier molecular flexibility index (Phi) is 8.42. The molecular formula is C18H27N7O4S2. The number of nitrogens with zero attached hydrogens (tertiary/aromatic N) is 4. The van der Waals surface area contributed by atoms with E-state index in [0.717, 1.165) is 11.8 Å². The van der Waals surface area contributed by atoms with E-state index < -0.39 is 22.0 Å². The van der Waals surface area contributed by atoms with Crippen LogP contribution in [0.15, 0.2) is 34.3 Å². The molecule has 1 aromatic heterocycles. The Morgan fingerprint density at radius 3 is 2.52 bits per heavy atom. The number of carbonyl (C=O) groups is 2. The highest BCUT2D eigenvalue weighted by atomic mass is 32.2. The molecular weight excluding hydrogens is 442 g/mol. The average Bonchev–Trinajstić information content (AvgIpc) is 3.07. The third kappa shape index (κ3) is 6.18. The van der Waals surface area contributed by atoms with Crippen molar-refractivity contribution in [2.75, 3.05) is 24.7 Å². The monoisotopic (exact) mass is 469 g/mol.